The summed E-state index contributed by atoms with van der Waals surface area (Å²) in [5.41, 5.74) is 6.19. The number of halogens is 1. The molecule has 5 nitrogen and oxygen atoms in total. The summed E-state index contributed by atoms with van der Waals surface area (Å²) in [5, 5.41) is 2.76. The van der Waals surface area contributed by atoms with Crippen molar-refractivity contribution in [3.05, 3.63) is 28.8 Å². The summed E-state index contributed by atoms with van der Waals surface area (Å²) < 4.78 is 4.38. The first-order valence-electron chi connectivity index (χ1n) is 4.44. The Morgan fingerprint density at radius 2 is 2.19 bits per heavy atom. The van der Waals surface area contributed by atoms with E-state index in [9.17, 15) is 9.59 Å². The Bertz CT molecular complexity index is 421. The minimum Gasteiger partial charge on any atom is -0.468 e. The molecule has 1 rings (SSSR count). The van der Waals surface area contributed by atoms with Gasteiger partial charge in [0.15, 0.2) is 0 Å². The van der Waals surface area contributed by atoms with Gasteiger partial charge >= 0.3 is 5.97 Å². The van der Waals surface area contributed by atoms with Crippen molar-refractivity contribution in [2.24, 2.45) is 0 Å². The molecule has 0 aromatic heterocycles. The summed E-state index contributed by atoms with van der Waals surface area (Å²) in [5.74, 6) is -0.927. The van der Waals surface area contributed by atoms with Crippen LogP contribution in [0.1, 0.15) is 10.4 Å². The molecule has 0 aliphatic heterocycles. The van der Waals surface area contributed by atoms with Gasteiger partial charge in [-0.25, -0.2) is 0 Å². The molecule has 1 amide bonds. The van der Waals surface area contributed by atoms with Crippen molar-refractivity contribution in [3.8, 4) is 0 Å². The van der Waals surface area contributed by atoms with Crippen LogP contribution in [0.4, 0.5) is 5.69 Å². The molecule has 0 fully saturated rings. The summed E-state index contributed by atoms with van der Waals surface area (Å²) in [7, 11) is 1.24. The smallest absolute Gasteiger partial charge is 0.325 e. The molecule has 0 aliphatic carbocycles. The van der Waals surface area contributed by atoms with E-state index in [1.807, 2.05) is 0 Å². The number of ether oxygens (including phenoxy) is 1. The van der Waals surface area contributed by atoms with Gasteiger partial charge in [0.1, 0.15) is 6.54 Å². The molecule has 1 aromatic carbocycles. The molecule has 1 aromatic rings. The van der Waals surface area contributed by atoms with E-state index in [4.69, 9.17) is 17.3 Å². The fraction of sp³-hybridized carbons (Fsp3) is 0.200. The van der Waals surface area contributed by atoms with Crippen LogP contribution in [0.15, 0.2) is 18.2 Å². The predicted molar refractivity (Wildman–Crippen MR) is 60.2 cm³/mol. The number of nitrogen functional groups attached to an aromatic ring is 1. The lowest BCUT2D eigenvalue weighted by atomic mass is 10.2. The molecular formula is C10H11ClN2O3. The Morgan fingerprint density at radius 1 is 1.50 bits per heavy atom. The second-order valence-corrected chi connectivity index (χ2v) is 3.40. The fourth-order valence-electron chi connectivity index (χ4n) is 1.01. The van der Waals surface area contributed by atoms with Gasteiger partial charge in [0.05, 0.1) is 17.8 Å². The monoisotopic (exact) mass is 242 g/mol. The van der Waals surface area contributed by atoms with Crippen molar-refractivity contribution in [2.75, 3.05) is 19.4 Å². The summed E-state index contributed by atoms with van der Waals surface area (Å²) in [6.45, 7) is -0.183. The minimum atomic E-state index is -0.518. The second-order valence-electron chi connectivity index (χ2n) is 3.00. The maximum Gasteiger partial charge on any atom is 0.325 e. The number of benzene rings is 1. The summed E-state index contributed by atoms with van der Waals surface area (Å²) >= 11 is 5.70. The standard InChI is InChI=1S/C10H11ClN2O3/c1-16-9(14)5-13-10(15)6-2-3-7(11)8(12)4-6/h2-4H,5,12H2,1H3,(H,13,15). The number of esters is 1. The normalized spacial score (nSPS) is 9.62. The number of anilines is 1. The van der Waals surface area contributed by atoms with Gasteiger partial charge in [0.25, 0.3) is 5.91 Å². The largest absolute Gasteiger partial charge is 0.468 e. The first-order valence-corrected chi connectivity index (χ1v) is 4.82. The Labute approximate surface area is 97.5 Å². The lowest BCUT2D eigenvalue weighted by Gasteiger charge is -2.05. The molecule has 0 aliphatic rings. The van der Waals surface area contributed by atoms with E-state index in [2.05, 4.69) is 10.1 Å². The van der Waals surface area contributed by atoms with E-state index < -0.39 is 11.9 Å². The molecule has 86 valence electrons. The highest BCUT2D eigenvalue weighted by atomic mass is 35.5. The van der Waals surface area contributed by atoms with Gasteiger partial charge in [-0.1, -0.05) is 11.6 Å². The minimum absolute atomic E-state index is 0.183. The van der Waals surface area contributed by atoms with Gasteiger partial charge in [-0.3, -0.25) is 9.59 Å². The van der Waals surface area contributed by atoms with Crippen molar-refractivity contribution in [1.29, 1.82) is 0 Å². The third-order valence-electron chi connectivity index (χ3n) is 1.88. The Kier molecular flexibility index (Phi) is 4.13. The first-order chi connectivity index (χ1) is 7.54. The van der Waals surface area contributed by atoms with E-state index >= 15 is 0 Å². The summed E-state index contributed by atoms with van der Waals surface area (Å²) in [6.07, 6.45) is 0. The molecule has 0 heterocycles. The Morgan fingerprint density at radius 3 is 2.75 bits per heavy atom. The van der Waals surface area contributed by atoms with Crippen LogP contribution in [0.3, 0.4) is 0 Å². The van der Waals surface area contributed by atoms with Crippen molar-refractivity contribution in [2.45, 2.75) is 0 Å². The highest BCUT2D eigenvalue weighted by Gasteiger charge is 2.09. The number of carbonyl (C=O) groups excluding carboxylic acids is 2. The average Bonchev–Trinajstić information content (AvgIpc) is 2.29. The van der Waals surface area contributed by atoms with Crippen LogP contribution in [0.2, 0.25) is 5.02 Å². The molecule has 0 bridgehead atoms. The van der Waals surface area contributed by atoms with Crippen LogP contribution >= 0.6 is 11.6 Å². The van der Waals surface area contributed by atoms with Crippen molar-refractivity contribution in [3.63, 3.8) is 0 Å². The number of nitrogens with one attached hydrogen (secondary N) is 1. The molecular weight excluding hydrogens is 232 g/mol. The molecule has 3 N–H and O–H groups in total. The highest BCUT2D eigenvalue weighted by Crippen LogP contribution is 2.19. The van der Waals surface area contributed by atoms with Crippen LogP contribution < -0.4 is 11.1 Å². The van der Waals surface area contributed by atoms with Gasteiger partial charge in [-0.2, -0.15) is 0 Å². The third-order valence-corrected chi connectivity index (χ3v) is 2.22. The maximum absolute atomic E-state index is 11.5. The van der Waals surface area contributed by atoms with E-state index in [1.54, 1.807) is 0 Å². The van der Waals surface area contributed by atoms with Crippen LogP contribution in [0.5, 0.6) is 0 Å². The number of nitrogens with two attached hydrogens (primary N) is 1. The van der Waals surface area contributed by atoms with Crippen molar-refractivity contribution < 1.29 is 14.3 Å². The zero-order valence-corrected chi connectivity index (χ0v) is 9.38. The van der Waals surface area contributed by atoms with Crippen LogP contribution in [0.25, 0.3) is 0 Å². The first kappa shape index (κ1) is 12.3. The van der Waals surface area contributed by atoms with Gasteiger partial charge in [-0.05, 0) is 18.2 Å². The second kappa shape index (κ2) is 5.37. The SMILES string of the molecule is COC(=O)CNC(=O)c1ccc(Cl)c(N)c1. The van der Waals surface area contributed by atoms with Crippen LogP contribution in [-0.2, 0) is 9.53 Å². The van der Waals surface area contributed by atoms with Crippen LogP contribution in [0, 0.1) is 0 Å². The number of carbonyl (C=O) groups is 2. The zero-order chi connectivity index (χ0) is 12.1. The summed E-state index contributed by atoms with van der Waals surface area (Å²) in [4.78, 5) is 22.3. The molecule has 6 heteroatoms. The average molecular weight is 243 g/mol. The zero-order valence-electron chi connectivity index (χ0n) is 8.62. The molecule has 0 radical (unpaired) electrons. The number of hydrogen-bond donors (Lipinski definition) is 2. The van der Waals surface area contributed by atoms with Gasteiger partial charge in [0.2, 0.25) is 0 Å². The third kappa shape index (κ3) is 3.13. The van der Waals surface area contributed by atoms with E-state index in [0.29, 0.717) is 16.3 Å². The maximum atomic E-state index is 11.5. The fourth-order valence-corrected chi connectivity index (χ4v) is 1.13. The predicted octanol–water partition coefficient (Wildman–Crippen LogP) is 0.825. The van der Waals surface area contributed by atoms with Gasteiger partial charge in [-0.15, -0.1) is 0 Å². The quantitative estimate of drug-likeness (QED) is 0.608. The molecule has 0 saturated heterocycles. The van der Waals surface area contributed by atoms with E-state index in [1.165, 1.54) is 25.3 Å². The Hall–Kier alpha value is -1.75. The topological polar surface area (TPSA) is 81.4 Å². The summed E-state index contributed by atoms with van der Waals surface area (Å²) in [6, 6.07) is 4.48. The lowest BCUT2D eigenvalue weighted by molar-refractivity contribution is -0.139. The van der Waals surface area contributed by atoms with Gasteiger partial charge < -0.3 is 15.8 Å². The number of hydrogen-bond acceptors (Lipinski definition) is 4. The van der Waals surface area contributed by atoms with E-state index in [0.717, 1.165) is 0 Å². The Balaban J connectivity index is 2.66. The number of amides is 1. The van der Waals surface area contributed by atoms with Crippen LogP contribution in [-0.4, -0.2) is 25.5 Å². The highest BCUT2D eigenvalue weighted by molar-refractivity contribution is 6.33. The van der Waals surface area contributed by atoms with Crippen molar-refractivity contribution in [1.82, 2.24) is 5.32 Å². The van der Waals surface area contributed by atoms with E-state index in [-0.39, 0.29) is 6.54 Å². The van der Waals surface area contributed by atoms with Crippen molar-refractivity contribution >= 4 is 29.2 Å². The molecule has 16 heavy (non-hydrogen) atoms. The molecule has 0 spiro atoms. The lowest BCUT2D eigenvalue weighted by Crippen LogP contribution is -2.30. The molecule has 0 saturated carbocycles. The molecule has 0 unspecified atom stereocenters. The molecule has 0 atom stereocenters. The van der Waals surface area contributed by atoms with Gasteiger partial charge in [0, 0.05) is 5.56 Å². The number of rotatable bonds is 3. The number of methoxy groups -OCH3 is 1.